The third-order valence-electron chi connectivity index (χ3n) is 5.70. The summed E-state index contributed by atoms with van der Waals surface area (Å²) in [5.74, 6) is 0.657. The molecule has 8 nitrogen and oxygen atoms in total. The van der Waals surface area contributed by atoms with Crippen molar-refractivity contribution in [1.82, 2.24) is 20.4 Å². The van der Waals surface area contributed by atoms with Gasteiger partial charge in [0.1, 0.15) is 0 Å². The number of amides is 2. The summed E-state index contributed by atoms with van der Waals surface area (Å²) in [6.45, 7) is 1.82. The zero-order chi connectivity index (χ0) is 23.4. The molecule has 2 fully saturated rings. The molecular weight excluding hydrogens is 439 g/mol. The second-order valence-corrected chi connectivity index (χ2v) is 8.10. The molecule has 1 aliphatic heterocycles. The van der Waals surface area contributed by atoms with E-state index in [4.69, 9.17) is 4.74 Å². The van der Waals surface area contributed by atoms with Crippen LogP contribution in [0.3, 0.4) is 0 Å². The third kappa shape index (κ3) is 5.91. The van der Waals surface area contributed by atoms with Crippen LogP contribution in [0.25, 0.3) is 0 Å². The molecule has 2 amide bonds. The molecule has 1 aliphatic carbocycles. The Morgan fingerprint density at radius 1 is 1.03 bits per heavy atom. The molecule has 1 aromatic heterocycles. The normalized spacial score (nSPS) is 16.5. The van der Waals surface area contributed by atoms with Gasteiger partial charge in [-0.05, 0) is 30.5 Å². The summed E-state index contributed by atoms with van der Waals surface area (Å²) >= 11 is 0. The summed E-state index contributed by atoms with van der Waals surface area (Å²) in [4.78, 5) is 27.8. The maximum atomic E-state index is 13.2. The highest BCUT2D eigenvalue weighted by atomic mass is 19.4. The minimum Gasteiger partial charge on any atom is -0.390 e. The number of aromatic nitrogens is 2. The molecule has 0 spiro atoms. The molecule has 1 saturated heterocycles. The average Bonchev–Trinajstić information content (AvgIpc) is 3.63. The van der Waals surface area contributed by atoms with Gasteiger partial charge in [-0.1, -0.05) is 25.0 Å². The van der Waals surface area contributed by atoms with Crippen LogP contribution in [0, 0.1) is 5.92 Å². The molecule has 4 rings (SSSR count). The molecule has 2 aromatic rings. The van der Waals surface area contributed by atoms with Gasteiger partial charge >= 0.3 is 12.3 Å². The molecule has 0 radical (unpaired) electrons. The first-order valence-corrected chi connectivity index (χ1v) is 10.8. The second kappa shape index (κ2) is 9.63. The summed E-state index contributed by atoms with van der Waals surface area (Å²) < 4.78 is 44.8. The number of nitrogens with one attached hydrogen (secondary N) is 1. The van der Waals surface area contributed by atoms with E-state index in [2.05, 4.69) is 15.5 Å². The summed E-state index contributed by atoms with van der Waals surface area (Å²) in [5, 5.41) is 10.7. The highest BCUT2D eigenvalue weighted by Crippen LogP contribution is 2.33. The first-order valence-electron chi connectivity index (χ1n) is 10.8. The quantitative estimate of drug-likeness (QED) is 0.707. The van der Waals surface area contributed by atoms with E-state index in [0.717, 1.165) is 12.5 Å². The Bertz CT molecular complexity index is 988. The Balaban J connectivity index is 1.29. The number of nitrogens with zero attached hydrogens (tertiary/aromatic N) is 4. The summed E-state index contributed by atoms with van der Waals surface area (Å²) in [5.41, 5.74) is -1.29. The fourth-order valence-corrected chi connectivity index (χ4v) is 3.68. The number of hydrogen-bond donors (Lipinski definition) is 1. The number of carbonyl (C=O) groups is 2. The van der Waals surface area contributed by atoms with Gasteiger partial charge in [-0.2, -0.15) is 13.2 Å². The lowest BCUT2D eigenvalue weighted by Gasteiger charge is -2.35. The zero-order valence-corrected chi connectivity index (χ0v) is 17.8. The zero-order valence-electron chi connectivity index (χ0n) is 17.8. The van der Waals surface area contributed by atoms with Crippen LogP contribution in [0.5, 0.6) is 5.88 Å². The number of anilines is 1. The van der Waals surface area contributed by atoms with Crippen LogP contribution in [-0.2, 0) is 6.18 Å². The van der Waals surface area contributed by atoms with E-state index in [1.807, 2.05) is 4.90 Å². The molecule has 1 aromatic carbocycles. The number of carbonyl (C=O) groups excluding carboxylic acids is 2. The van der Waals surface area contributed by atoms with E-state index in [-0.39, 0.29) is 24.5 Å². The van der Waals surface area contributed by atoms with Gasteiger partial charge in [-0.15, -0.1) is 10.2 Å². The van der Waals surface area contributed by atoms with Crippen LogP contribution >= 0.6 is 0 Å². The van der Waals surface area contributed by atoms with Crippen molar-refractivity contribution in [2.75, 3.05) is 37.6 Å². The Morgan fingerprint density at radius 3 is 2.39 bits per heavy atom. The fraction of sp³-hybridized carbons (Fsp3) is 0.455. The number of halogens is 3. The SMILES string of the molecule is O=C(NCCC1CC1)Oc1ccc(N2CCN(C(=O)c3ccccc3C(F)(F)F)CC2)nn1. The predicted octanol–water partition coefficient (Wildman–Crippen LogP) is 3.35. The maximum Gasteiger partial charge on any atom is 0.417 e. The molecule has 176 valence electrons. The van der Waals surface area contributed by atoms with E-state index >= 15 is 0 Å². The Hall–Kier alpha value is -3.37. The summed E-state index contributed by atoms with van der Waals surface area (Å²) in [6.07, 6.45) is -1.80. The van der Waals surface area contributed by atoms with E-state index in [1.54, 1.807) is 6.07 Å². The average molecular weight is 463 g/mol. The lowest BCUT2D eigenvalue weighted by atomic mass is 10.1. The van der Waals surface area contributed by atoms with Gasteiger partial charge in [0.15, 0.2) is 5.82 Å². The van der Waals surface area contributed by atoms with Gasteiger partial charge < -0.3 is 19.9 Å². The second-order valence-electron chi connectivity index (χ2n) is 8.10. The van der Waals surface area contributed by atoms with Crippen LogP contribution in [0.15, 0.2) is 36.4 Å². The first kappa shape index (κ1) is 22.8. The maximum absolute atomic E-state index is 13.2. The molecule has 1 N–H and O–H groups in total. The molecular formula is C22H24F3N5O3. The van der Waals surface area contributed by atoms with Crippen molar-refractivity contribution in [2.24, 2.45) is 5.92 Å². The molecule has 2 heterocycles. The van der Waals surface area contributed by atoms with Crippen LogP contribution < -0.4 is 15.0 Å². The molecule has 1 saturated carbocycles. The van der Waals surface area contributed by atoms with Crippen LogP contribution in [-0.4, -0.2) is 59.8 Å². The highest BCUT2D eigenvalue weighted by molar-refractivity contribution is 5.96. The van der Waals surface area contributed by atoms with E-state index < -0.39 is 23.7 Å². The lowest BCUT2D eigenvalue weighted by molar-refractivity contribution is -0.138. The minimum absolute atomic E-state index is 0.0697. The van der Waals surface area contributed by atoms with Crippen molar-refractivity contribution in [3.63, 3.8) is 0 Å². The molecule has 0 atom stereocenters. The summed E-state index contributed by atoms with van der Waals surface area (Å²) in [6, 6.07) is 7.97. The van der Waals surface area contributed by atoms with Crippen molar-refractivity contribution >= 4 is 17.8 Å². The standard InChI is InChI=1S/C22H24F3N5O3/c23-22(24,25)17-4-2-1-3-16(17)20(31)30-13-11-29(12-14-30)18-7-8-19(28-27-18)33-21(32)26-10-9-15-5-6-15/h1-4,7-8,15H,5-6,9-14H2,(H,26,32). The van der Waals surface area contributed by atoms with Crippen LogP contribution in [0.1, 0.15) is 35.2 Å². The van der Waals surface area contributed by atoms with E-state index in [0.29, 0.717) is 31.4 Å². The van der Waals surface area contributed by atoms with Gasteiger partial charge in [0.05, 0.1) is 11.1 Å². The Morgan fingerprint density at radius 2 is 1.76 bits per heavy atom. The fourth-order valence-electron chi connectivity index (χ4n) is 3.68. The topological polar surface area (TPSA) is 87.7 Å². The number of hydrogen-bond acceptors (Lipinski definition) is 6. The van der Waals surface area contributed by atoms with Gasteiger partial charge in [0, 0.05) is 38.8 Å². The van der Waals surface area contributed by atoms with Gasteiger partial charge in [0.25, 0.3) is 5.91 Å². The number of piperazine rings is 1. The van der Waals surface area contributed by atoms with Crippen molar-refractivity contribution in [1.29, 1.82) is 0 Å². The van der Waals surface area contributed by atoms with Crippen molar-refractivity contribution in [3.05, 3.63) is 47.5 Å². The third-order valence-corrected chi connectivity index (χ3v) is 5.70. The van der Waals surface area contributed by atoms with E-state index in [9.17, 15) is 22.8 Å². The molecule has 0 unspecified atom stereocenters. The van der Waals surface area contributed by atoms with Gasteiger partial charge in [0.2, 0.25) is 5.88 Å². The molecule has 0 bridgehead atoms. The number of ether oxygens (including phenoxy) is 1. The van der Waals surface area contributed by atoms with Crippen molar-refractivity contribution < 1.29 is 27.5 Å². The van der Waals surface area contributed by atoms with Crippen molar-refractivity contribution in [2.45, 2.75) is 25.4 Å². The van der Waals surface area contributed by atoms with Gasteiger partial charge in [-0.25, -0.2) is 4.79 Å². The van der Waals surface area contributed by atoms with Crippen molar-refractivity contribution in [3.8, 4) is 5.88 Å². The number of rotatable bonds is 6. The summed E-state index contributed by atoms with van der Waals surface area (Å²) in [7, 11) is 0. The molecule has 11 heteroatoms. The molecule has 2 aliphatic rings. The highest BCUT2D eigenvalue weighted by Gasteiger charge is 2.36. The predicted molar refractivity (Wildman–Crippen MR) is 113 cm³/mol. The first-order chi connectivity index (χ1) is 15.8. The minimum atomic E-state index is -4.60. The Labute approximate surface area is 188 Å². The monoisotopic (exact) mass is 463 g/mol. The van der Waals surface area contributed by atoms with Crippen LogP contribution in [0.2, 0.25) is 0 Å². The van der Waals surface area contributed by atoms with Crippen LogP contribution in [0.4, 0.5) is 23.8 Å². The lowest BCUT2D eigenvalue weighted by Crippen LogP contribution is -2.49. The van der Waals surface area contributed by atoms with E-state index in [1.165, 1.54) is 42.0 Å². The smallest absolute Gasteiger partial charge is 0.390 e. The van der Waals surface area contributed by atoms with Gasteiger partial charge in [-0.3, -0.25) is 4.79 Å². The number of benzene rings is 1. The largest absolute Gasteiger partial charge is 0.417 e. The molecule has 33 heavy (non-hydrogen) atoms. The Kier molecular flexibility index (Phi) is 6.66. The number of alkyl halides is 3.